The smallest absolute Gasteiger partial charge is 0.368 e. The predicted molar refractivity (Wildman–Crippen MR) is 91.7 cm³/mol. The van der Waals surface area contributed by atoms with E-state index in [2.05, 4.69) is 10.2 Å². The third-order valence-electron chi connectivity index (χ3n) is 3.94. The summed E-state index contributed by atoms with van der Waals surface area (Å²) in [6.45, 7) is 3.92. The third kappa shape index (κ3) is 4.69. The van der Waals surface area contributed by atoms with Crippen LogP contribution in [0.25, 0.3) is 0 Å². The zero-order valence-electron chi connectivity index (χ0n) is 13.9. The van der Waals surface area contributed by atoms with Crippen molar-refractivity contribution in [2.24, 2.45) is 0 Å². The van der Waals surface area contributed by atoms with Crippen molar-refractivity contribution in [3.8, 4) is 0 Å². The molecule has 1 aliphatic carbocycles. The standard InChI is InChI=1S/C17H21F3N2OS/c1-11(16(24-3)12(2)23)22(15-8-9-15)10-21-14-6-4-13(5-7-14)17(18,19)20/h4-7,15,21H,8-10H2,1-3H3/b16-11-. The van der Waals surface area contributed by atoms with Crippen molar-refractivity contribution in [1.29, 1.82) is 0 Å². The van der Waals surface area contributed by atoms with Crippen LogP contribution in [0.15, 0.2) is 34.9 Å². The van der Waals surface area contributed by atoms with Crippen molar-refractivity contribution in [2.45, 2.75) is 38.9 Å². The molecule has 1 saturated carbocycles. The van der Waals surface area contributed by atoms with Crippen molar-refractivity contribution in [3.05, 3.63) is 40.4 Å². The van der Waals surface area contributed by atoms with E-state index in [-0.39, 0.29) is 5.78 Å². The fourth-order valence-corrected chi connectivity index (χ4v) is 3.24. The maximum atomic E-state index is 12.6. The first kappa shape index (κ1) is 18.7. The molecule has 0 unspecified atom stereocenters. The molecule has 24 heavy (non-hydrogen) atoms. The van der Waals surface area contributed by atoms with E-state index in [0.717, 1.165) is 35.6 Å². The van der Waals surface area contributed by atoms with Gasteiger partial charge >= 0.3 is 6.18 Å². The quantitative estimate of drug-likeness (QED) is 0.564. The summed E-state index contributed by atoms with van der Waals surface area (Å²) in [5, 5.41) is 3.15. The monoisotopic (exact) mass is 358 g/mol. The van der Waals surface area contributed by atoms with Gasteiger partial charge in [0.1, 0.15) is 0 Å². The molecular weight excluding hydrogens is 337 g/mol. The minimum Gasteiger partial charge on any atom is -0.368 e. The first-order valence-corrected chi connectivity index (χ1v) is 8.90. The normalized spacial score (nSPS) is 15.8. The molecule has 0 saturated heterocycles. The molecule has 0 amide bonds. The van der Waals surface area contributed by atoms with Crippen LogP contribution in [0, 0.1) is 0 Å². The number of thioether (sulfide) groups is 1. The molecule has 1 fully saturated rings. The second kappa shape index (κ2) is 7.51. The summed E-state index contributed by atoms with van der Waals surface area (Å²) >= 11 is 1.42. The van der Waals surface area contributed by atoms with Gasteiger partial charge in [-0.25, -0.2) is 0 Å². The van der Waals surface area contributed by atoms with Crippen molar-refractivity contribution < 1.29 is 18.0 Å². The highest BCUT2D eigenvalue weighted by Crippen LogP contribution is 2.33. The summed E-state index contributed by atoms with van der Waals surface area (Å²) in [6.07, 6.45) is -0.335. The highest BCUT2D eigenvalue weighted by Gasteiger charge is 2.31. The van der Waals surface area contributed by atoms with Gasteiger partial charge in [-0.3, -0.25) is 4.79 Å². The third-order valence-corrected chi connectivity index (χ3v) is 4.93. The second-order valence-corrected chi connectivity index (χ2v) is 6.60. The van der Waals surface area contributed by atoms with Gasteiger partial charge in [0.25, 0.3) is 0 Å². The number of hydrogen-bond donors (Lipinski definition) is 1. The Morgan fingerprint density at radius 1 is 1.25 bits per heavy atom. The minimum absolute atomic E-state index is 0.0279. The first-order chi connectivity index (χ1) is 11.2. The zero-order chi connectivity index (χ0) is 17.9. The molecule has 1 aliphatic rings. The highest BCUT2D eigenvalue weighted by atomic mass is 32.2. The van der Waals surface area contributed by atoms with Crippen LogP contribution in [0.4, 0.5) is 18.9 Å². The number of Topliss-reactive ketones (excluding diaryl/α,β-unsaturated/α-hetero) is 1. The summed E-state index contributed by atoms with van der Waals surface area (Å²) in [5.74, 6) is 0.0279. The molecule has 0 spiro atoms. The SMILES string of the molecule is CS/C(C(C)=O)=C(/C)N(CNc1ccc(C(F)(F)F)cc1)C1CC1. The van der Waals surface area contributed by atoms with Crippen LogP contribution >= 0.6 is 11.8 Å². The Balaban J connectivity index is 2.08. The molecular formula is C17H21F3N2OS. The molecule has 1 aromatic rings. The molecule has 1 N–H and O–H groups in total. The van der Waals surface area contributed by atoms with Gasteiger partial charge in [-0.05, 0) is 57.2 Å². The van der Waals surface area contributed by atoms with Crippen LogP contribution in [0.5, 0.6) is 0 Å². The van der Waals surface area contributed by atoms with Gasteiger partial charge in [0, 0.05) is 17.4 Å². The molecule has 0 aliphatic heterocycles. The molecule has 0 atom stereocenters. The molecule has 7 heteroatoms. The topological polar surface area (TPSA) is 32.3 Å². The van der Waals surface area contributed by atoms with Gasteiger partial charge < -0.3 is 10.2 Å². The fraction of sp³-hybridized carbons (Fsp3) is 0.471. The minimum atomic E-state index is -4.33. The number of benzene rings is 1. The lowest BCUT2D eigenvalue weighted by atomic mass is 10.2. The Labute approximate surface area is 144 Å². The number of allylic oxidation sites excluding steroid dienone is 2. The number of rotatable bonds is 7. The Kier molecular flexibility index (Phi) is 5.85. The maximum Gasteiger partial charge on any atom is 0.416 e. The van der Waals surface area contributed by atoms with Gasteiger partial charge in [-0.15, -0.1) is 11.8 Å². The van der Waals surface area contributed by atoms with Gasteiger partial charge in [-0.1, -0.05) is 0 Å². The second-order valence-electron chi connectivity index (χ2n) is 5.79. The molecule has 0 radical (unpaired) electrons. The number of carbonyl (C=O) groups excluding carboxylic acids is 1. The van der Waals surface area contributed by atoms with E-state index in [1.165, 1.54) is 23.9 Å². The molecule has 132 valence electrons. The Morgan fingerprint density at radius 2 is 1.83 bits per heavy atom. The van der Waals surface area contributed by atoms with Crippen LogP contribution in [0.1, 0.15) is 32.3 Å². The van der Waals surface area contributed by atoms with E-state index in [4.69, 9.17) is 0 Å². The van der Waals surface area contributed by atoms with E-state index in [0.29, 0.717) is 18.4 Å². The van der Waals surface area contributed by atoms with E-state index >= 15 is 0 Å². The Bertz CT molecular complexity index is 622. The lowest BCUT2D eigenvalue weighted by molar-refractivity contribution is -0.137. The summed E-state index contributed by atoms with van der Waals surface area (Å²) in [6, 6.07) is 5.36. The van der Waals surface area contributed by atoms with E-state index in [1.807, 2.05) is 13.2 Å². The average molecular weight is 358 g/mol. The maximum absolute atomic E-state index is 12.6. The number of ketones is 1. The van der Waals surface area contributed by atoms with Gasteiger partial charge in [-0.2, -0.15) is 13.2 Å². The number of anilines is 1. The first-order valence-electron chi connectivity index (χ1n) is 7.67. The Hall–Kier alpha value is -1.63. The van der Waals surface area contributed by atoms with Crippen LogP contribution in [0.2, 0.25) is 0 Å². The number of halogens is 3. The predicted octanol–water partition coefficient (Wildman–Crippen LogP) is 4.72. The van der Waals surface area contributed by atoms with Crippen molar-refractivity contribution >= 4 is 23.2 Å². The van der Waals surface area contributed by atoms with Gasteiger partial charge in [0.05, 0.1) is 17.1 Å². The van der Waals surface area contributed by atoms with Crippen molar-refractivity contribution in [2.75, 3.05) is 18.2 Å². The summed E-state index contributed by atoms with van der Waals surface area (Å²) < 4.78 is 37.8. The number of nitrogens with one attached hydrogen (secondary N) is 1. The zero-order valence-corrected chi connectivity index (χ0v) is 14.7. The molecule has 1 aromatic carbocycles. The van der Waals surface area contributed by atoms with Crippen LogP contribution in [-0.2, 0) is 11.0 Å². The van der Waals surface area contributed by atoms with Gasteiger partial charge in [0.2, 0.25) is 0 Å². The largest absolute Gasteiger partial charge is 0.416 e. The summed E-state index contributed by atoms with van der Waals surface area (Å²) in [4.78, 5) is 14.6. The summed E-state index contributed by atoms with van der Waals surface area (Å²) in [5.41, 5.74) is 0.872. The average Bonchev–Trinajstić information content (AvgIpc) is 3.32. The van der Waals surface area contributed by atoms with E-state index < -0.39 is 11.7 Å². The number of alkyl halides is 3. The van der Waals surface area contributed by atoms with E-state index in [1.54, 1.807) is 6.92 Å². The molecule has 0 bridgehead atoms. The van der Waals surface area contributed by atoms with Crippen molar-refractivity contribution in [3.63, 3.8) is 0 Å². The van der Waals surface area contributed by atoms with Crippen LogP contribution < -0.4 is 5.32 Å². The van der Waals surface area contributed by atoms with Gasteiger partial charge in [0.15, 0.2) is 5.78 Å². The van der Waals surface area contributed by atoms with Crippen LogP contribution in [0.3, 0.4) is 0 Å². The number of carbonyl (C=O) groups is 1. The van der Waals surface area contributed by atoms with Crippen molar-refractivity contribution in [1.82, 2.24) is 4.90 Å². The lowest BCUT2D eigenvalue weighted by Crippen LogP contribution is -2.31. The molecule has 0 heterocycles. The summed E-state index contributed by atoms with van der Waals surface area (Å²) in [7, 11) is 0. The Morgan fingerprint density at radius 3 is 2.25 bits per heavy atom. The highest BCUT2D eigenvalue weighted by molar-refractivity contribution is 8.03. The number of nitrogens with zero attached hydrogens (tertiary/aromatic N) is 1. The number of hydrogen-bond acceptors (Lipinski definition) is 4. The van der Waals surface area contributed by atoms with E-state index in [9.17, 15) is 18.0 Å². The molecule has 2 rings (SSSR count). The lowest BCUT2D eigenvalue weighted by Gasteiger charge is -2.27. The fourth-order valence-electron chi connectivity index (χ4n) is 2.54. The molecule has 3 nitrogen and oxygen atoms in total. The van der Waals surface area contributed by atoms with Crippen LogP contribution in [-0.4, -0.2) is 29.6 Å². The molecule has 0 aromatic heterocycles.